The molecule has 0 aliphatic rings. The molecule has 1 aromatic heterocycles. The molecule has 0 fully saturated rings. The molecule has 68 valence electrons. The largest absolute Gasteiger partial charge is 0.463 e. The van der Waals surface area contributed by atoms with Gasteiger partial charge in [0.15, 0.2) is 0 Å². The van der Waals surface area contributed by atoms with Gasteiger partial charge < -0.3 is 4.74 Å². The van der Waals surface area contributed by atoms with Crippen molar-refractivity contribution in [1.82, 2.24) is 14.8 Å². The van der Waals surface area contributed by atoms with Crippen molar-refractivity contribution in [3.8, 4) is 6.07 Å². The summed E-state index contributed by atoms with van der Waals surface area (Å²) in [6, 6.07) is 1.52. The topological polar surface area (TPSA) is 80.8 Å². The lowest BCUT2D eigenvalue weighted by Gasteiger charge is -1.98. The summed E-state index contributed by atoms with van der Waals surface area (Å²) in [5.74, 6) is -0.645. The Bertz CT molecular complexity index is 352. The van der Waals surface area contributed by atoms with Gasteiger partial charge in [-0.15, -0.1) is 5.10 Å². The number of nitriles is 1. The molecule has 0 aromatic carbocycles. The zero-order chi connectivity index (χ0) is 9.84. The fraction of sp³-hybridized carbons (Fsp3) is 0.429. The number of carbonyl (C=O) groups is 1. The molecular weight excluding hydrogens is 172 g/mol. The van der Waals surface area contributed by atoms with Crippen LogP contribution in [0.3, 0.4) is 0 Å². The van der Waals surface area contributed by atoms with Crippen LogP contribution in [0.25, 0.3) is 0 Å². The molecule has 6 nitrogen and oxygen atoms in total. The van der Waals surface area contributed by atoms with Crippen molar-refractivity contribution >= 4 is 5.97 Å². The number of nitrogens with zero attached hydrogens (tertiary/aromatic N) is 4. The van der Waals surface area contributed by atoms with Gasteiger partial charge in [0.2, 0.25) is 0 Å². The Morgan fingerprint density at radius 1 is 1.85 bits per heavy atom. The van der Waals surface area contributed by atoms with Crippen LogP contribution in [-0.2, 0) is 4.74 Å². The van der Waals surface area contributed by atoms with Gasteiger partial charge in [-0.2, -0.15) is 5.26 Å². The molecule has 0 N–H and O–H groups in total. The molecule has 0 aliphatic carbocycles. The molecule has 6 heteroatoms. The van der Waals surface area contributed by atoms with Crippen LogP contribution in [0.5, 0.6) is 0 Å². The van der Waals surface area contributed by atoms with Crippen molar-refractivity contribution in [3.63, 3.8) is 0 Å². The lowest BCUT2D eigenvalue weighted by atomic mass is 10.4. The van der Waals surface area contributed by atoms with Crippen molar-refractivity contribution in [2.75, 3.05) is 7.11 Å². The predicted octanol–water partition coefficient (Wildman–Crippen LogP) is 0.149. The van der Waals surface area contributed by atoms with Crippen molar-refractivity contribution in [3.05, 3.63) is 12.2 Å². The zero-order valence-electron chi connectivity index (χ0n) is 7.26. The molecule has 0 aliphatic heterocycles. The van der Waals surface area contributed by atoms with E-state index in [1.54, 1.807) is 6.92 Å². The smallest absolute Gasteiger partial charge is 0.377 e. The van der Waals surface area contributed by atoms with Gasteiger partial charge in [-0.1, -0.05) is 0 Å². The van der Waals surface area contributed by atoms with E-state index >= 15 is 0 Å². The number of hydrogen-bond donors (Lipinski definition) is 0. The number of esters is 1. The lowest BCUT2D eigenvalue weighted by molar-refractivity contribution is 0.0586. The normalized spacial score (nSPS) is 11.8. The molecule has 0 saturated carbocycles. The standard InChI is InChI=1S/C7H8N4O2/c1-5(3-8)11-4-9-6(10-11)7(12)13-2/h4-5H,1-2H3. The van der Waals surface area contributed by atoms with Gasteiger partial charge in [0.05, 0.1) is 13.2 Å². The van der Waals surface area contributed by atoms with E-state index in [1.165, 1.54) is 18.1 Å². The predicted molar refractivity (Wildman–Crippen MR) is 41.7 cm³/mol. The molecule has 1 atom stereocenters. The maximum Gasteiger partial charge on any atom is 0.377 e. The maximum absolute atomic E-state index is 10.9. The Morgan fingerprint density at radius 3 is 3.08 bits per heavy atom. The molecule has 1 unspecified atom stereocenters. The summed E-state index contributed by atoms with van der Waals surface area (Å²) in [6.45, 7) is 1.65. The van der Waals surface area contributed by atoms with Gasteiger partial charge in [-0.05, 0) is 6.92 Å². The Morgan fingerprint density at radius 2 is 2.54 bits per heavy atom. The summed E-state index contributed by atoms with van der Waals surface area (Å²) in [7, 11) is 1.25. The molecule has 0 radical (unpaired) electrons. The quantitative estimate of drug-likeness (QED) is 0.605. The summed E-state index contributed by atoms with van der Waals surface area (Å²) in [5, 5.41) is 12.3. The van der Waals surface area contributed by atoms with E-state index in [-0.39, 0.29) is 5.82 Å². The summed E-state index contributed by atoms with van der Waals surface area (Å²) >= 11 is 0. The van der Waals surface area contributed by atoms with Crippen molar-refractivity contribution in [2.45, 2.75) is 13.0 Å². The number of methoxy groups -OCH3 is 1. The maximum atomic E-state index is 10.9. The first-order chi connectivity index (χ1) is 6.19. The van der Waals surface area contributed by atoms with E-state index in [0.29, 0.717) is 0 Å². The fourth-order valence-electron chi connectivity index (χ4n) is 0.705. The van der Waals surface area contributed by atoms with Gasteiger partial charge in [0, 0.05) is 0 Å². The highest BCUT2D eigenvalue weighted by Gasteiger charge is 2.13. The van der Waals surface area contributed by atoms with Crippen LogP contribution in [0.1, 0.15) is 23.6 Å². The number of hydrogen-bond acceptors (Lipinski definition) is 5. The van der Waals surface area contributed by atoms with Crippen LogP contribution in [0, 0.1) is 11.3 Å². The minimum Gasteiger partial charge on any atom is -0.463 e. The van der Waals surface area contributed by atoms with Crippen LogP contribution in [-0.4, -0.2) is 27.8 Å². The number of ether oxygens (including phenoxy) is 1. The number of aromatic nitrogens is 3. The Balaban J connectivity index is 2.88. The highest BCUT2D eigenvalue weighted by Crippen LogP contribution is 2.01. The summed E-state index contributed by atoms with van der Waals surface area (Å²) in [5.41, 5.74) is 0. The summed E-state index contributed by atoms with van der Waals surface area (Å²) in [6.07, 6.45) is 1.32. The second kappa shape index (κ2) is 3.67. The van der Waals surface area contributed by atoms with Gasteiger partial charge in [-0.3, -0.25) is 0 Å². The van der Waals surface area contributed by atoms with E-state index in [1.807, 2.05) is 6.07 Å². The van der Waals surface area contributed by atoms with Gasteiger partial charge in [0.25, 0.3) is 5.82 Å². The monoisotopic (exact) mass is 180 g/mol. The third-order valence-electron chi connectivity index (χ3n) is 1.46. The van der Waals surface area contributed by atoms with Crippen molar-refractivity contribution in [1.29, 1.82) is 5.26 Å². The van der Waals surface area contributed by atoms with Crippen molar-refractivity contribution < 1.29 is 9.53 Å². The third kappa shape index (κ3) is 1.82. The summed E-state index contributed by atoms with van der Waals surface area (Å²) < 4.78 is 5.70. The highest BCUT2D eigenvalue weighted by molar-refractivity contribution is 5.84. The zero-order valence-corrected chi connectivity index (χ0v) is 7.26. The highest BCUT2D eigenvalue weighted by atomic mass is 16.5. The van der Waals surface area contributed by atoms with Gasteiger partial charge >= 0.3 is 5.97 Å². The Labute approximate surface area is 74.8 Å². The number of rotatable bonds is 2. The Hall–Kier alpha value is -1.90. The molecule has 0 spiro atoms. The molecule has 0 bridgehead atoms. The van der Waals surface area contributed by atoms with Crippen LogP contribution in [0.15, 0.2) is 6.33 Å². The van der Waals surface area contributed by atoms with Gasteiger partial charge in [0.1, 0.15) is 12.4 Å². The van der Waals surface area contributed by atoms with E-state index in [0.717, 1.165) is 0 Å². The third-order valence-corrected chi connectivity index (χ3v) is 1.46. The molecule has 0 saturated heterocycles. The fourth-order valence-corrected chi connectivity index (χ4v) is 0.705. The van der Waals surface area contributed by atoms with Crippen LogP contribution >= 0.6 is 0 Å². The Kier molecular flexibility index (Phi) is 2.59. The molecule has 1 rings (SSSR count). The SMILES string of the molecule is COC(=O)c1ncn(C(C)C#N)n1. The van der Waals surface area contributed by atoms with E-state index < -0.39 is 12.0 Å². The molecule has 1 heterocycles. The second-order valence-corrected chi connectivity index (χ2v) is 2.34. The minimum absolute atomic E-state index is 0.0374. The van der Waals surface area contributed by atoms with Crippen molar-refractivity contribution in [2.24, 2.45) is 0 Å². The van der Waals surface area contributed by atoms with E-state index in [4.69, 9.17) is 5.26 Å². The summed E-state index contributed by atoms with van der Waals surface area (Å²) in [4.78, 5) is 14.6. The first kappa shape index (κ1) is 9.19. The minimum atomic E-state index is -0.608. The van der Waals surface area contributed by atoms with E-state index in [2.05, 4.69) is 14.8 Å². The molecule has 0 amide bonds. The number of carbonyl (C=O) groups excluding carboxylic acids is 1. The van der Waals surface area contributed by atoms with Crippen LogP contribution < -0.4 is 0 Å². The average molecular weight is 180 g/mol. The average Bonchev–Trinajstić information content (AvgIpc) is 2.64. The second-order valence-electron chi connectivity index (χ2n) is 2.34. The molecular formula is C7H8N4O2. The van der Waals surface area contributed by atoms with Crippen LogP contribution in [0.4, 0.5) is 0 Å². The lowest BCUT2D eigenvalue weighted by Crippen LogP contribution is -2.07. The van der Waals surface area contributed by atoms with Crippen LogP contribution in [0.2, 0.25) is 0 Å². The first-order valence-electron chi connectivity index (χ1n) is 3.58. The molecule has 13 heavy (non-hydrogen) atoms. The molecule has 1 aromatic rings. The van der Waals surface area contributed by atoms with Gasteiger partial charge in [-0.25, -0.2) is 14.5 Å². The first-order valence-corrected chi connectivity index (χ1v) is 3.58. The van der Waals surface area contributed by atoms with E-state index in [9.17, 15) is 4.79 Å².